The number of nitrogens with zero attached hydrogens (tertiary/aromatic N) is 3. The smallest absolute Gasteiger partial charge is 0.269 e. The van der Waals surface area contributed by atoms with E-state index in [4.69, 9.17) is 0 Å². The van der Waals surface area contributed by atoms with Crippen LogP contribution in [-0.2, 0) is 14.6 Å². The number of hydrogen-bond donors (Lipinski definition) is 1. The number of aromatic nitrogens is 1. The van der Waals surface area contributed by atoms with Crippen LogP contribution in [0.2, 0.25) is 0 Å². The van der Waals surface area contributed by atoms with E-state index in [1.807, 2.05) is 0 Å². The highest BCUT2D eigenvalue weighted by Gasteiger charge is 2.40. The molecular weight excluding hydrogens is 472 g/mol. The number of amides is 3. The van der Waals surface area contributed by atoms with Crippen molar-refractivity contribution >= 4 is 49.7 Å². The van der Waals surface area contributed by atoms with Gasteiger partial charge in [0.2, 0.25) is 15.7 Å². The Balaban J connectivity index is 1.50. The Kier molecular flexibility index (Phi) is 5.51. The third kappa shape index (κ3) is 3.87. The van der Waals surface area contributed by atoms with Gasteiger partial charge in [0.1, 0.15) is 10.3 Å². The van der Waals surface area contributed by atoms with Crippen molar-refractivity contribution in [3.8, 4) is 0 Å². The number of hydrogen-bond acceptors (Lipinski definition) is 9. The maximum atomic E-state index is 12.8. The number of rotatable bonds is 6. The van der Waals surface area contributed by atoms with Crippen molar-refractivity contribution < 1.29 is 27.7 Å². The van der Waals surface area contributed by atoms with Gasteiger partial charge in [-0.15, -0.1) is 0 Å². The number of nitro benzene ring substituents is 1. The number of fused-ring (bicyclic) bond motifs is 1. The van der Waals surface area contributed by atoms with E-state index in [-0.39, 0.29) is 31.1 Å². The molecular formula is C20H14N4O7S2. The lowest BCUT2D eigenvalue weighted by Gasteiger charge is -2.21. The highest BCUT2D eigenvalue weighted by molar-refractivity contribution is 7.93. The van der Waals surface area contributed by atoms with Gasteiger partial charge in [-0.1, -0.05) is 23.5 Å². The summed E-state index contributed by atoms with van der Waals surface area (Å²) in [5, 5.41) is 13.1. The molecule has 3 aromatic rings. The normalized spacial score (nSPS) is 14.2. The molecule has 2 aromatic carbocycles. The van der Waals surface area contributed by atoms with E-state index < -0.39 is 38.5 Å². The van der Waals surface area contributed by atoms with Crippen molar-refractivity contribution in [1.29, 1.82) is 0 Å². The summed E-state index contributed by atoms with van der Waals surface area (Å²) >= 11 is 0.669. The van der Waals surface area contributed by atoms with Crippen molar-refractivity contribution in [3.63, 3.8) is 0 Å². The topological polar surface area (TPSA) is 157 Å². The van der Waals surface area contributed by atoms with Crippen LogP contribution in [0.25, 0.3) is 0 Å². The van der Waals surface area contributed by atoms with Crippen LogP contribution in [0.5, 0.6) is 0 Å². The highest BCUT2D eigenvalue weighted by atomic mass is 32.2. The van der Waals surface area contributed by atoms with Crippen molar-refractivity contribution in [2.75, 3.05) is 5.32 Å². The van der Waals surface area contributed by atoms with Gasteiger partial charge in [0.25, 0.3) is 17.5 Å². The molecule has 0 bridgehead atoms. The number of carbonyl (C=O) groups is 3. The van der Waals surface area contributed by atoms with Crippen molar-refractivity contribution in [2.24, 2.45) is 0 Å². The second-order valence-electron chi connectivity index (χ2n) is 6.93. The minimum absolute atomic E-state index is 0.0519. The third-order valence-electron chi connectivity index (χ3n) is 4.93. The van der Waals surface area contributed by atoms with Gasteiger partial charge >= 0.3 is 0 Å². The number of benzene rings is 2. The van der Waals surface area contributed by atoms with Crippen molar-refractivity contribution in [1.82, 2.24) is 9.88 Å². The van der Waals surface area contributed by atoms with Gasteiger partial charge in [-0.3, -0.25) is 29.4 Å². The lowest BCUT2D eigenvalue weighted by Crippen LogP contribution is -2.45. The Morgan fingerprint density at radius 1 is 1.09 bits per heavy atom. The molecule has 3 amide bonds. The van der Waals surface area contributed by atoms with Gasteiger partial charge < -0.3 is 5.32 Å². The molecule has 0 fully saturated rings. The SMILES string of the molecule is C[C@@H](C(=O)Nc1ncc(S(=O)(=O)c2ccc([N+](=O)[O-])cc2)s1)N1C(=O)c2ccccc2C1=O. The van der Waals surface area contributed by atoms with Crippen LogP contribution < -0.4 is 5.32 Å². The highest BCUT2D eigenvalue weighted by Crippen LogP contribution is 2.30. The van der Waals surface area contributed by atoms with Gasteiger partial charge in [0.15, 0.2) is 5.13 Å². The largest absolute Gasteiger partial charge is 0.300 e. The van der Waals surface area contributed by atoms with Gasteiger partial charge in [-0.05, 0) is 31.2 Å². The Hall–Kier alpha value is -3.97. The quantitative estimate of drug-likeness (QED) is 0.316. The molecule has 0 saturated heterocycles. The van der Waals surface area contributed by atoms with Crippen LogP contribution in [0, 0.1) is 10.1 Å². The van der Waals surface area contributed by atoms with Gasteiger partial charge in [0.05, 0.1) is 27.1 Å². The zero-order valence-corrected chi connectivity index (χ0v) is 18.4. The monoisotopic (exact) mass is 486 g/mol. The average molecular weight is 486 g/mol. The number of sulfone groups is 1. The number of nitro groups is 1. The molecule has 1 aromatic heterocycles. The van der Waals surface area contributed by atoms with E-state index in [2.05, 4.69) is 10.3 Å². The zero-order valence-electron chi connectivity index (χ0n) is 16.8. The third-order valence-corrected chi connectivity index (χ3v) is 8.07. The first-order valence-corrected chi connectivity index (χ1v) is 11.6. The molecule has 11 nitrogen and oxygen atoms in total. The van der Waals surface area contributed by atoms with Crippen LogP contribution in [0.15, 0.2) is 63.8 Å². The van der Waals surface area contributed by atoms with E-state index in [1.54, 1.807) is 12.1 Å². The summed E-state index contributed by atoms with van der Waals surface area (Å²) in [5.41, 5.74) is 0.147. The number of carbonyl (C=O) groups excluding carboxylic acids is 3. The maximum Gasteiger partial charge on any atom is 0.269 e. The van der Waals surface area contributed by atoms with E-state index in [1.165, 1.54) is 19.1 Å². The summed E-state index contributed by atoms with van der Waals surface area (Å²) in [5.74, 6) is -1.92. The second kappa shape index (κ2) is 8.18. The molecule has 168 valence electrons. The number of anilines is 1. The molecule has 1 atom stereocenters. The number of non-ortho nitro benzene ring substituents is 1. The van der Waals surface area contributed by atoms with Crippen LogP contribution >= 0.6 is 11.3 Å². The molecule has 2 heterocycles. The lowest BCUT2D eigenvalue weighted by molar-refractivity contribution is -0.384. The van der Waals surface area contributed by atoms with Gasteiger partial charge in [0, 0.05) is 12.1 Å². The number of nitrogens with one attached hydrogen (secondary N) is 1. The number of thiazole rings is 1. The number of imide groups is 1. The molecule has 0 radical (unpaired) electrons. The standard InChI is InChI=1S/C20H14N4O7S2/c1-11(23-18(26)14-4-2-3-5-15(14)19(23)27)17(25)22-20-21-10-16(32-20)33(30,31)13-8-6-12(7-9-13)24(28)29/h2-11H,1H3,(H,21,22,25)/t11-/m0/s1. The Morgan fingerprint density at radius 3 is 2.21 bits per heavy atom. The fraction of sp³-hybridized carbons (Fsp3) is 0.100. The molecule has 33 heavy (non-hydrogen) atoms. The second-order valence-corrected chi connectivity index (χ2v) is 10.1. The maximum absolute atomic E-state index is 12.8. The molecule has 1 aliphatic rings. The Bertz CT molecular complexity index is 1380. The van der Waals surface area contributed by atoms with E-state index in [0.717, 1.165) is 35.4 Å². The molecule has 0 aliphatic carbocycles. The minimum Gasteiger partial charge on any atom is -0.300 e. The molecule has 0 unspecified atom stereocenters. The van der Waals surface area contributed by atoms with Crippen LogP contribution in [0.3, 0.4) is 0 Å². The zero-order chi connectivity index (χ0) is 23.9. The molecule has 4 rings (SSSR count). The minimum atomic E-state index is -4.02. The summed E-state index contributed by atoms with van der Waals surface area (Å²) in [7, 11) is -4.02. The fourth-order valence-electron chi connectivity index (χ4n) is 3.19. The van der Waals surface area contributed by atoms with E-state index in [9.17, 15) is 32.9 Å². The first kappa shape index (κ1) is 22.2. The molecule has 0 saturated carbocycles. The van der Waals surface area contributed by atoms with Crippen LogP contribution in [0.4, 0.5) is 10.8 Å². The molecule has 1 aliphatic heterocycles. The summed E-state index contributed by atoms with van der Waals surface area (Å²) in [6, 6.07) is 9.40. The van der Waals surface area contributed by atoms with E-state index >= 15 is 0 Å². The summed E-state index contributed by atoms with van der Waals surface area (Å²) < 4.78 is 25.3. The van der Waals surface area contributed by atoms with Crippen molar-refractivity contribution in [3.05, 3.63) is 76.0 Å². The molecule has 13 heteroatoms. The molecule has 0 spiro atoms. The predicted molar refractivity (Wildman–Crippen MR) is 116 cm³/mol. The predicted octanol–water partition coefficient (Wildman–Crippen LogP) is 2.51. The van der Waals surface area contributed by atoms with Gasteiger partial charge in [-0.25, -0.2) is 13.4 Å². The fourth-order valence-corrected chi connectivity index (χ4v) is 5.63. The summed E-state index contributed by atoms with van der Waals surface area (Å²) in [4.78, 5) is 52.4. The average Bonchev–Trinajstić information content (AvgIpc) is 3.37. The first-order valence-electron chi connectivity index (χ1n) is 9.34. The van der Waals surface area contributed by atoms with Crippen molar-refractivity contribution in [2.45, 2.75) is 22.1 Å². The van der Waals surface area contributed by atoms with Crippen LogP contribution in [-0.4, -0.2) is 47.0 Å². The first-order chi connectivity index (χ1) is 15.6. The lowest BCUT2D eigenvalue weighted by atomic mass is 10.1. The summed E-state index contributed by atoms with van der Waals surface area (Å²) in [6.45, 7) is 1.37. The van der Waals surface area contributed by atoms with Gasteiger partial charge in [-0.2, -0.15) is 0 Å². The molecule has 1 N–H and O–H groups in total. The Morgan fingerprint density at radius 2 is 1.67 bits per heavy atom. The Labute approximate surface area is 190 Å². The van der Waals surface area contributed by atoms with E-state index in [0.29, 0.717) is 11.3 Å². The van der Waals surface area contributed by atoms with Crippen LogP contribution in [0.1, 0.15) is 27.6 Å². The summed E-state index contributed by atoms with van der Waals surface area (Å²) in [6.07, 6.45) is 1.05.